The number of nitrogens with zero attached hydrogens (tertiary/aromatic N) is 1. The van der Waals surface area contributed by atoms with Crippen LogP contribution >= 0.6 is 11.8 Å². The second kappa shape index (κ2) is 5.42. The molecule has 0 bridgehead atoms. The molecule has 2 nitrogen and oxygen atoms in total. The minimum atomic E-state index is 0.717. The molecule has 2 aliphatic rings. The zero-order valence-electron chi connectivity index (χ0n) is 10.2. The summed E-state index contributed by atoms with van der Waals surface area (Å²) in [4.78, 5) is 1.48. The molecule has 17 heavy (non-hydrogen) atoms. The van der Waals surface area contributed by atoms with Crippen molar-refractivity contribution < 1.29 is 0 Å². The molecule has 1 aromatic carbocycles. The van der Waals surface area contributed by atoms with E-state index in [1.807, 2.05) is 11.8 Å². The summed E-state index contributed by atoms with van der Waals surface area (Å²) in [6, 6.07) is 8.82. The normalized spacial score (nSPS) is 24.8. The van der Waals surface area contributed by atoms with E-state index in [0.29, 0.717) is 5.25 Å². The van der Waals surface area contributed by atoms with E-state index in [2.05, 4.69) is 34.7 Å². The summed E-state index contributed by atoms with van der Waals surface area (Å²) in [6.45, 7) is 3.56. The maximum atomic E-state index is 3.61. The number of hydrazine groups is 1. The Hall–Kier alpha value is -0.510. The Balaban J connectivity index is 1.48. The lowest BCUT2D eigenvalue weighted by molar-refractivity contribution is 0.155. The summed E-state index contributed by atoms with van der Waals surface area (Å²) in [5.74, 6) is 0. The highest BCUT2D eigenvalue weighted by Crippen LogP contribution is 2.36. The summed E-state index contributed by atoms with van der Waals surface area (Å²) in [5.41, 5.74) is 5.14. The van der Waals surface area contributed by atoms with Gasteiger partial charge in [-0.2, -0.15) is 0 Å². The molecule has 3 rings (SSSR count). The quantitative estimate of drug-likeness (QED) is 0.885. The molecular formula is C14H20N2S. The average molecular weight is 248 g/mol. The Morgan fingerprint density at radius 1 is 1.18 bits per heavy atom. The van der Waals surface area contributed by atoms with Crippen molar-refractivity contribution in [2.45, 2.75) is 35.8 Å². The number of thioether (sulfide) groups is 1. The predicted octanol–water partition coefficient (Wildman–Crippen LogP) is 2.69. The second-order valence-electron chi connectivity index (χ2n) is 4.96. The van der Waals surface area contributed by atoms with E-state index in [-0.39, 0.29) is 0 Å². The lowest BCUT2D eigenvalue weighted by Crippen LogP contribution is -2.44. The average Bonchev–Trinajstić information content (AvgIpc) is 2.80. The molecule has 1 atom stereocenters. The van der Waals surface area contributed by atoms with Crippen LogP contribution in [0, 0.1) is 0 Å². The zero-order chi connectivity index (χ0) is 11.5. The summed E-state index contributed by atoms with van der Waals surface area (Å²) in [5, 5.41) is 3.13. The van der Waals surface area contributed by atoms with Crippen LogP contribution in [0.25, 0.3) is 0 Å². The molecule has 0 spiro atoms. The van der Waals surface area contributed by atoms with Crippen LogP contribution in [0.15, 0.2) is 29.2 Å². The van der Waals surface area contributed by atoms with Gasteiger partial charge in [0.2, 0.25) is 0 Å². The molecule has 0 radical (unpaired) electrons. The van der Waals surface area contributed by atoms with Crippen molar-refractivity contribution in [1.29, 1.82) is 0 Å². The van der Waals surface area contributed by atoms with Crippen LogP contribution in [0.3, 0.4) is 0 Å². The highest BCUT2D eigenvalue weighted by Gasteiger charge is 2.22. The van der Waals surface area contributed by atoms with Crippen molar-refractivity contribution in [3.8, 4) is 0 Å². The van der Waals surface area contributed by atoms with Gasteiger partial charge in [-0.3, -0.25) is 5.43 Å². The lowest BCUT2D eigenvalue weighted by Gasteiger charge is -2.28. The summed E-state index contributed by atoms with van der Waals surface area (Å²) in [6.07, 6.45) is 5.33. The molecule has 1 unspecified atom stereocenters. The fraction of sp³-hybridized carbons (Fsp3) is 0.571. The first-order valence-electron chi connectivity index (χ1n) is 6.65. The Kier molecular flexibility index (Phi) is 3.69. The third kappa shape index (κ3) is 2.84. The van der Waals surface area contributed by atoms with Crippen molar-refractivity contribution in [3.05, 3.63) is 29.8 Å². The fourth-order valence-corrected chi connectivity index (χ4v) is 3.89. The van der Waals surface area contributed by atoms with E-state index in [1.54, 1.807) is 0 Å². The molecule has 92 valence electrons. The van der Waals surface area contributed by atoms with Gasteiger partial charge in [0.15, 0.2) is 0 Å². The number of hydrogen-bond acceptors (Lipinski definition) is 3. The van der Waals surface area contributed by atoms with Crippen molar-refractivity contribution in [1.82, 2.24) is 10.4 Å². The number of piperidine rings is 1. The molecule has 2 heterocycles. The van der Waals surface area contributed by atoms with Crippen LogP contribution in [0.1, 0.15) is 24.8 Å². The van der Waals surface area contributed by atoms with Crippen LogP contribution in [0.5, 0.6) is 0 Å². The van der Waals surface area contributed by atoms with Gasteiger partial charge in [0.1, 0.15) is 0 Å². The summed E-state index contributed by atoms with van der Waals surface area (Å²) < 4.78 is 0. The van der Waals surface area contributed by atoms with Crippen molar-refractivity contribution in [2.24, 2.45) is 0 Å². The monoisotopic (exact) mass is 248 g/mol. The second-order valence-corrected chi connectivity index (χ2v) is 6.30. The Morgan fingerprint density at radius 3 is 2.82 bits per heavy atom. The maximum absolute atomic E-state index is 3.61. The van der Waals surface area contributed by atoms with E-state index >= 15 is 0 Å². The van der Waals surface area contributed by atoms with Crippen molar-refractivity contribution >= 4 is 11.8 Å². The molecule has 3 heteroatoms. The summed E-state index contributed by atoms with van der Waals surface area (Å²) in [7, 11) is 0. The van der Waals surface area contributed by atoms with Crippen LogP contribution in [-0.4, -0.2) is 29.9 Å². The van der Waals surface area contributed by atoms with Gasteiger partial charge < -0.3 is 0 Å². The van der Waals surface area contributed by atoms with Gasteiger partial charge in [0.05, 0.1) is 0 Å². The van der Waals surface area contributed by atoms with Crippen molar-refractivity contribution in [3.63, 3.8) is 0 Å². The maximum Gasteiger partial charge on any atom is 0.0274 e. The van der Waals surface area contributed by atoms with Gasteiger partial charge in [0, 0.05) is 29.8 Å². The number of rotatable bonds is 3. The number of fused-ring (bicyclic) bond motifs is 1. The van der Waals surface area contributed by atoms with Crippen LogP contribution in [0.4, 0.5) is 0 Å². The SMILES string of the molecule is c1ccc2c(c1)CC(CNN1CCCCC1)S2. The molecule has 1 saturated heterocycles. The molecular weight excluding hydrogens is 228 g/mol. The molecule has 0 saturated carbocycles. The van der Waals surface area contributed by atoms with Crippen LogP contribution in [0.2, 0.25) is 0 Å². The first kappa shape index (κ1) is 11.6. The molecule has 1 N–H and O–H groups in total. The van der Waals surface area contributed by atoms with E-state index in [0.717, 1.165) is 6.54 Å². The molecule has 0 amide bonds. The third-order valence-electron chi connectivity index (χ3n) is 3.61. The van der Waals surface area contributed by atoms with Gasteiger partial charge in [-0.05, 0) is 30.9 Å². The van der Waals surface area contributed by atoms with Crippen LogP contribution < -0.4 is 5.43 Å². The molecule has 2 aliphatic heterocycles. The third-order valence-corrected chi connectivity index (χ3v) is 4.93. The Labute approximate surface area is 108 Å². The molecule has 1 fully saturated rings. The largest absolute Gasteiger partial charge is 0.254 e. The summed E-state index contributed by atoms with van der Waals surface area (Å²) >= 11 is 2.04. The minimum absolute atomic E-state index is 0.717. The topological polar surface area (TPSA) is 15.3 Å². The smallest absolute Gasteiger partial charge is 0.0274 e. The van der Waals surface area contributed by atoms with Gasteiger partial charge in [-0.25, -0.2) is 5.01 Å². The van der Waals surface area contributed by atoms with E-state index in [9.17, 15) is 0 Å². The van der Waals surface area contributed by atoms with Gasteiger partial charge in [-0.1, -0.05) is 24.6 Å². The van der Waals surface area contributed by atoms with E-state index < -0.39 is 0 Å². The van der Waals surface area contributed by atoms with E-state index in [1.165, 1.54) is 49.2 Å². The predicted molar refractivity (Wildman–Crippen MR) is 73.2 cm³/mol. The van der Waals surface area contributed by atoms with Gasteiger partial charge >= 0.3 is 0 Å². The standard InChI is InChI=1S/C14H20N2S/c1-4-8-16(9-5-1)15-11-13-10-12-6-2-3-7-14(12)17-13/h2-3,6-7,13,15H,1,4-5,8-11H2. The Bertz CT molecular complexity index is 349. The van der Waals surface area contributed by atoms with Gasteiger partial charge in [-0.15, -0.1) is 11.8 Å². The van der Waals surface area contributed by atoms with Gasteiger partial charge in [0.25, 0.3) is 0 Å². The Morgan fingerprint density at radius 2 is 2.00 bits per heavy atom. The molecule has 1 aromatic rings. The number of nitrogens with one attached hydrogen (secondary N) is 1. The number of hydrogen-bond donors (Lipinski definition) is 1. The zero-order valence-corrected chi connectivity index (χ0v) is 11.0. The highest BCUT2D eigenvalue weighted by atomic mass is 32.2. The lowest BCUT2D eigenvalue weighted by atomic mass is 10.1. The first-order valence-corrected chi connectivity index (χ1v) is 7.53. The first-order chi connectivity index (χ1) is 8.42. The minimum Gasteiger partial charge on any atom is -0.254 e. The highest BCUT2D eigenvalue weighted by molar-refractivity contribution is 8.00. The fourth-order valence-electron chi connectivity index (χ4n) is 2.65. The molecule has 0 aliphatic carbocycles. The van der Waals surface area contributed by atoms with Crippen molar-refractivity contribution in [2.75, 3.05) is 19.6 Å². The van der Waals surface area contributed by atoms with Crippen LogP contribution in [-0.2, 0) is 6.42 Å². The molecule has 0 aromatic heterocycles. The number of benzene rings is 1. The van der Waals surface area contributed by atoms with E-state index in [4.69, 9.17) is 0 Å².